The van der Waals surface area contributed by atoms with Gasteiger partial charge in [0.15, 0.2) is 5.82 Å². The van der Waals surface area contributed by atoms with Crippen LogP contribution >= 0.6 is 22.9 Å². The summed E-state index contributed by atoms with van der Waals surface area (Å²) in [7, 11) is 0. The first-order chi connectivity index (χ1) is 10.1. The van der Waals surface area contributed by atoms with E-state index in [0.29, 0.717) is 13.1 Å². The van der Waals surface area contributed by atoms with Gasteiger partial charge in [-0.15, -0.1) is 11.3 Å². The lowest BCUT2D eigenvalue weighted by atomic mass is 10.2. The van der Waals surface area contributed by atoms with Crippen LogP contribution in [0.5, 0.6) is 0 Å². The van der Waals surface area contributed by atoms with Crippen LogP contribution in [0.2, 0.25) is 5.02 Å². The molecule has 2 rings (SSSR count). The number of hydrogen-bond donors (Lipinski definition) is 2. The van der Waals surface area contributed by atoms with Crippen molar-refractivity contribution in [3.63, 3.8) is 0 Å². The predicted molar refractivity (Wildman–Crippen MR) is 82.8 cm³/mol. The Labute approximate surface area is 130 Å². The fraction of sp³-hybridized carbons (Fsp3) is 0.133. The normalized spacial score (nSPS) is 9.86. The van der Waals surface area contributed by atoms with Gasteiger partial charge in [0.2, 0.25) is 0 Å². The van der Waals surface area contributed by atoms with Gasteiger partial charge in [-0.25, -0.2) is 4.39 Å². The van der Waals surface area contributed by atoms with Crippen molar-refractivity contribution >= 4 is 28.8 Å². The van der Waals surface area contributed by atoms with Crippen LogP contribution in [-0.4, -0.2) is 12.5 Å². The monoisotopic (exact) mass is 322 g/mol. The average Bonchev–Trinajstić information content (AvgIpc) is 2.93. The first kappa shape index (κ1) is 15.5. The minimum atomic E-state index is -0.711. The van der Waals surface area contributed by atoms with E-state index in [1.165, 1.54) is 29.5 Å². The first-order valence-electron chi connectivity index (χ1n) is 6.10. The fourth-order valence-electron chi connectivity index (χ4n) is 1.63. The Balaban J connectivity index is 2.01. The lowest BCUT2D eigenvalue weighted by molar-refractivity contribution is 0.0947. The van der Waals surface area contributed by atoms with Gasteiger partial charge in [-0.2, -0.15) is 0 Å². The largest absolute Gasteiger partial charge is 0.347 e. The van der Waals surface area contributed by atoms with Crippen LogP contribution in [0.4, 0.5) is 4.39 Å². The van der Waals surface area contributed by atoms with Crippen molar-refractivity contribution in [2.45, 2.75) is 6.54 Å². The zero-order valence-electron chi connectivity index (χ0n) is 11.0. The van der Waals surface area contributed by atoms with E-state index >= 15 is 0 Å². The molecule has 0 saturated heterocycles. The van der Waals surface area contributed by atoms with Crippen LogP contribution in [0.25, 0.3) is 0 Å². The van der Waals surface area contributed by atoms with E-state index in [9.17, 15) is 9.18 Å². The molecule has 1 heterocycles. The van der Waals surface area contributed by atoms with Crippen molar-refractivity contribution in [3.05, 3.63) is 56.5 Å². The van der Waals surface area contributed by atoms with Crippen LogP contribution < -0.4 is 11.1 Å². The molecule has 0 bridgehead atoms. The molecule has 0 atom stereocenters. The maximum absolute atomic E-state index is 13.7. The summed E-state index contributed by atoms with van der Waals surface area (Å²) in [5, 5.41) is 4.46. The molecule has 1 aromatic heterocycles. The van der Waals surface area contributed by atoms with Gasteiger partial charge in [0.05, 0.1) is 23.7 Å². The molecule has 0 spiro atoms. The number of benzene rings is 1. The van der Waals surface area contributed by atoms with Crippen LogP contribution in [-0.2, 0) is 6.54 Å². The minimum Gasteiger partial charge on any atom is -0.347 e. The van der Waals surface area contributed by atoms with Crippen LogP contribution in [0.3, 0.4) is 0 Å². The molecule has 0 aliphatic rings. The third kappa shape index (κ3) is 4.05. The number of thiophene rings is 1. The van der Waals surface area contributed by atoms with Gasteiger partial charge >= 0.3 is 0 Å². The Kier molecular flexibility index (Phi) is 5.34. The number of rotatable bonds is 3. The second-order valence-corrected chi connectivity index (χ2v) is 5.49. The molecule has 2 aromatic rings. The predicted octanol–water partition coefficient (Wildman–Crippen LogP) is 2.78. The van der Waals surface area contributed by atoms with Gasteiger partial charge in [-0.3, -0.25) is 4.79 Å². The van der Waals surface area contributed by atoms with Gasteiger partial charge in [0.1, 0.15) is 0 Å². The minimum absolute atomic E-state index is 0.0674. The fourth-order valence-corrected chi connectivity index (χ4v) is 2.56. The van der Waals surface area contributed by atoms with Crippen molar-refractivity contribution in [1.82, 2.24) is 5.32 Å². The number of amides is 1. The molecule has 0 aliphatic heterocycles. The molecule has 108 valence electrons. The van der Waals surface area contributed by atoms with Crippen molar-refractivity contribution in [2.75, 3.05) is 6.54 Å². The molecule has 1 amide bonds. The van der Waals surface area contributed by atoms with Crippen molar-refractivity contribution in [1.29, 1.82) is 0 Å². The molecule has 3 N–H and O–H groups in total. The summed E-state index contributed by atoms with van der Waals surface area (Å²) in [6.45, 7) is 0.607. The van der Waals surface area contributed by atoms with E-state index in [0.717, 1.165) is 10.4 Å². The summed E-state index contributed by atoms with van der Waals surface area (Å²) in [4.78, 5) is 12.8. The number of carbonyl (C=O) groups is 1. The third-order valence-electron chi connectivity index (χ3n) is 2.61. The van der Waals surface area contributed by atoms with Crippen molar-refractivity contribution < 1.29 is 9.18 Å². The number of nitrogens with one attached hydrogen (secondary N) is 1. The zero-order valence-corrected chi connectivity index (χ0v) is 12.5. The summed E-state index contributed by atoms with van der Waals surface area (Å²) in [5.74, 6) is 4.45. The zero-order chi connectivity index (χ0) is 15.2. The molecule has 0 saturated carbocycles. The Hall–Kier alpha value is -1.87. The topological polar surface area (TPSA) is 55.1 Å². The van der Waals surface area contributed by atoms with Gasteiger partial charge in [-0.1, -0.05) is 29.5 Å². The van der Waals surface area contributed by atoms with E-state index in [4.69, 9.17) is 17.3 Å². The molecule has 0 aliphatic carbocycles. The van der Waals surface area contributed by atoms with E-state index in [1.807, 2.05) is 11.4 Å². The highest BCUT2D eigenvalue weighted by atomic mass is 35.5. The first-order valence-corrected chi connectivity index (χ1v) is 7.36. The van der Waals surface area contributed by atoms with Crippen molar-refractivity contribution in [3.8, 4) is 11.8 Å². The maximum Gasteiger partial charge on any atom is 0.254 e. The van der Waals surface area contributed by atoms with Gasteiger partial charge in [-0.05, 0) is 18.2 Å². The van der Waals surface area contributed by atoms with E-state index in [1.54, 1.807) is 0 Å². The molecular weight excluding hydrogens is 311 g/mol. The second kappa shape index (κ2) is 7.23. The molecule has 1 aromatic carbocycles. The van der Waals surface area contributed by atoms with E-state index in [2.05, 4.69) is 17.2 Å². The molecule has 6 heteroatoms. The summed E-state index contributed by atoms with van der Waals surface area (Å²) in [6, 6.07) is 6.19. The number of hydrogen-bond acceptors (Lipinski definition) is 3. The summed E-state index contributed by atoms with van der Waals surface area (Å²) >= 11 is 7.12. The van der Waals surface area contributed by atoms with Gasteiger partial charge < -0.3 is 11.1 Å². The molecule has 0 unspecified atom stereocenters. The Bertz CT molecular complexity index is 718. The van der Waals surface area contributed by atoms with Crippen LogP contribution in [0.1, 0.15) is 20.8 Å². The standard InChI is InChI=1S/C15H12ClFN2OS/c16-13-5-1-4-12(14(13)17)15(20)19-8-11-7-10(9-21-11)3-2-6-18/h1,4-5,7,9H,6,8,18H2,(H,19,20). The van der Waals surface area contributed by atoms with Gasteiger partial charge in [0, 0.05) is 15.8 Å². The van der Waals surface area contributed by atoms with Crippen molar-refractivity contribution in [2.24, 2.45) is 5.73 Å². The SMILES string of the molecule is NCC#Cc1csc(CNC(=O)c2cccc(Cl)c2F)c1. The smallest absolute Gasteiger partial charge is 0.254 e. The molecule has 3 nitrogen and oxygen atoms in total. The number of carbonyl (C=O) groups excluding carboxylic acids is 1. The highest BCUT2D eigenvalue weighted by molar-refractivity contribution is 7.10. The maximum atomic E-state index is 13.7. The van der Waals surface area contributed by atoms with E-state index < -0.39 is 11.7 Å². The Morgan fingerprint density at radius 2 is 2.29 bits per heavy atom. The highest BCUT2D eigenvalue weighted by Crippen LogP contribution is 2.18. The van der Waals surface area contributed by atoms with Crippen LogP contribution in [0, 0.1) is 17.7 Å². The highest BCUT2D eigenvalue weighted by Gasteiger charge is 2.13. The molecular formula is C15H12ClFN2OS. The van der Waals surface area contributed by atoms with E-state index in [-0.39, 0.29) is 10.6 Å². The average molecular weight is 323 g/mol. The number of halogens is 2. The molecule has 21 heavy (non-hydrogen) atoms. The lowest BCUT2D eigenvalue weighted by Crippen LogP contribution is -2.23. The molecule has 0 radical (unpaired) electrons. The Morgan fingerprint density at radius 3 is 3.05 bits per heavy atom. The lowest BCUT2D eigenvalue weighted by Gasteiger charge is -2.05. The second-order valence-electron chi connectivity index (χ2n) is 4.09. The van der Waals surface area contributed by atoms with Gasteiger partial charge in [0.25, 0.3) is 5.91 Å². The summed E-state index contributed by atoms with van der Waals surface area (Å²) in [6.07, 6.45) is 0. The summed E-state index contributed by atoms with van der Waals surface area (Å²) < 4.78 is 13.7. The Morgan fingerprint density at radius 1 is 1.48 bits per heavy atom. The summed E-state index contributed by atoms with van der Waals surface area (Å²) in [5.41, 5.74) is 6.08. The van der Waals surface area contributed by atoms with Crippen LogP contribution in [0.15, 0.2) is 29.6 Å². The molecule has 0 fully saturated rings. The number of nitrogens with two attached hydrogens (primary N) is 1. The third-order valence-corrected chi connectivity index (χ3v) is 3.84. The quantitative estimate of drug-likeness (QED) is 0.854.